The predicted octanol–water partition coefficient (Wildman–Crippen LogP) is 3.54. The Morgan fingerprint density at radius 2 is 2.06 bits per heavy atom. The van der Waals surface area contributed by atoms with Gasteiger partial charge in [-0.15, -0.1) is 6.58 Å². The van der Waals surface area contributed by atoms with Crippen LogP contribution in [0.5, 0.6) is 0 Å². The number of hydrogen-bond donors (Lipinski definition) is 0. The minimum atomic E-state index is -0.617. The molecule has 2 nitrogen and oxygen atoms in total. The van der Waals surface area contributed by atoms with Crippen molar-refractivity contribution in [1.82, 2.24) is 9.97 Å². The van der Waals surface area contributed by atoms with Gasteiger partial charge >= 0.3 is 0 Å². The van der Waals surface area contributed by atoms with Gasteiger partial charge in [-0.25, -0.2) is 18.7 Å². The van der Waals surface area contributed by atoms with Crippen LogP contribution in [0, 0.1) is 11.6 Å². The molecule has 0 amide bonds. The minimum absolute atomic E-state index is 0.0982. The molecule has 0 saturated heterocycles. The first-order valence-electron chi connectivity index (χ1n) is 5.58. The van der Waals surface area contributed by atoms with Crippen molar-refractivity contribution in [3.8, 4) is 11.3 Å². The summed E-state index contributed by atoms with van der Waals surface area (Å²) in [5.41, 5.74) is 0.615. The fourth-order valence-corrected chi connectivity index (χ4v) is 1.72. The number of nitrogens with zero attached hydrogens (tertiary/aromatic N) is 2. The molecule has 92 valence electrons. The van der Waals surface area contributed by atoms with Gasteiger partial charge in [-0.3, -0.25) is 0 Å². The van der Waals surface area contributed by atoms with Crippen molar-refractivity contribution in [2.24, 2.45) is 0 Å². The van der Waals surface area contributed by atoms with Crippen LogP contribution < -0.4 is 0 Å². The van der Waals surface area contributed by atoms with Crippen LogP contribution in [0.4, 0.5) is 8.78 Å². The predicted molar refractivity (Wildman–Crippen MR) is 65.9 cm³/mol. The summed E-state index contributed by atoms with van der Waals surface area (Å²) in [5.74, 6) is -1.18. The number of benzene rings is 1. The lowest BCUT2D eigenvalue weighted by atomic mass is 10.0. The molecule has 0 atom stereocenters. The topological polar surface area (TPSA) is 25.8 Å². The number of halogens is 2. The first kappa shape index (κ1) is 12.4. The van der Waals surface area contributed by atoms with Crippen LogP contribution in [0.3, 0.4) is 0 Å². The van der Waals surface area contributed by atoms with E-state index >= 15 is 0 Å². The van der Waals surface area contributed by atoms with E-state index in [0.717, 1.165) is 0 Å². The molecule has 0 aliphatic carbocycles. The van der Waals surface area contributed by atoms with Crippen LogP contribution in [0.1, 0.15) is 12.0 Å². The highest BCUT2D eigenvalue weighted by atomic mass is 19.1. The van der Waals surface area contributed by atoms with E-state index in [1.807, 2.05) is 0 Å². The van der Waals surface area contributed by atoms with E-state index in [-0.39, 0.29) is 11.3 Å². The second-order valence-corrected chi connectivity index (χ2v) is 3.82. The van der Waals surface area contributed by atoms with Crippen LogP contribution in [-0.4, -0.2) is 9.97 Å². The number of rotatable bonds is 4. The summed E-state index contributed by atoms with van der Waals surface area (Å²) in [6, 6.07) is 4.20. The molecular weight excluding hydrogens is 234 g/mol. The maximum absolute atomic E-state index is 14.2. The van der Waals surface area contributed by atoms with Crippen molar-refractivity contribution in [2.75, 3.05) is 0 Å². The van der Waals surface area contributed by atoms with Crippen molar-refractivity contribution >= 4 is 0 Å². The van der Waals surface area contributed by atoms with E-state index < -0.39 is 11.6 Å². The highest BCUT2D eigenvalue weighted by Crippen LogP contribution is 2.26. The third kappa shape index (κ3) is 2.42. The SMILES string of the molecule is C=CCCc1ccc(F)c(-c2ccncn2)c1F. The maximum Gasteiger partial charge on any atom is 0.138 e. The van der Waals surface area contributed by atoms with Crippen molar-refractivity contribution in [2.45, 2.75) is 12.8 Å². The Morgan fingerprint density at radius 3 is 2.72 bits per heavy atom. The molecule has 0 spiro atoms. The molecule has 4 heteroatoms. The summed E-state index contributed by atoms with van der Waals surface area (Å²) in [5, 5.41) is 0. The third-order valence-corrected chi connectivity index (χ3v) is 2.63. The highest BCUT2D eigenvalue weighted by Gasteiger charge is 2.15. The molecule has 2 aromatic rings. The van der Waals surface area contributed by atoms with E-state index in [4.69, 9.17) is 0 Å². The molecule has 0 bridgehead atoms. The van der Waals surface area contributed by atoms with Crippen LogP contribution >= 0.6 is 0 Å². The quantitative estimate of drug-likeness (QED) is 0.771. The summed E-state index contributed by atoms with van der Waals surface area (Å²) < 4.78 is 27.9. The molecule has 1 heterocycles. The summed E-state index contributed by atoms with van der Waals surface area (Å²) in [4.78, 5) is 7.61. The smallest absolute Gasteiger partial charge is 0.138 e. The summed E-state index contributed by atoms with van der Waals surface area (Å²) in [7, 11) is 0. The zero-order chi connectivity index (χ0) is 13.0. The van der Waals surface area contributed by atoms with E-state index in [1.165, 1.54) is 30.7 Å². The van der Waals surface area contributed by atoms with Gasteiger partial charge in [0.2, 0.25) is 0 Å². The van der Waals surface area contributed by atoms with Gasteiger partial charge in [0, 0.05) is 6.20 Å². The Kier molecular flexibility index (Phi) is 3.77. The van der Waals surface area contributed by atoms with Crippen molar-refractivity contribution in [3.63, 3.8) is 0 Å². The van der Waals surface area contributed by atoms with Crippen molar-refractivity contribution < 1.29 is 8.78 Å². The third-order valence-electron chi connectivity index (χ3n) is 2.63. The molecule has 0 unspecified atom stereocenters. The number of aryl methyl sites for hydroxylation is 1. The Hall–Kier alpha value is -2.10. The highest BCUT2D eigenvalue weighted by molar-refractivity contribution is 5.61. The second-order valence-electron chi connectivity index (χ2n) is 3.82. The van der Waals surface area contributed by atoms with E-state index in [1.54, 1.807) is 6.08 Å². The van der Waals surface area contributed by atoms with Crippen LogP contribution in [0.2, 0.25) is 0 Å². The lowest BCUT2D eigenvalue weighted by Crippen LogP contribution is -1.98. The van der Waals surface area contributed by atoms with Crippen molar-refractivity contribution in [1.29, 1.82) is 0 Å². The standard InChI is InChI=1S/C14H12F2N2/c1-2-3-4-10-5-6-11(15)13(14(10)16)12-7-8-17-9-18-12/h2,5-9H,1,3-4H2. The lowest BCUT2D eigenvalue weighted by molar-refractivity contribution is 0.577. The summed E-state index contributed by atoms with van der Waals surface area (Å²) >= 11 is 0. The van der Waals surface area contributed by atoms with Gasteiger partial charge in [0.05, 0.1) is 11.3 Å². The monoisotopic (exact) mass is 246 g/mol. The summed E-state index contributed by atoms with van der Waals surface area (Å²) in [6.07, 6.45) is 5.56. The first-order chi connectivity index (χ1) is 8.74. The zero-order valence-electron chi connectivity index (χ0n) is 9.74. The second kappa shape index (κ2) is 5.49. The van der Waals surface area contributed by atoms with Gasteiger partial charge in [-0.2, -0.15) is 0 Å². The fourth-order valence-electron chi connectivity index (χ4n) is 1.72. The van der Waals surface area contributed by atoms with Crippen LogP contribution in [0.15, 0.2) is 43.4 Å². The largest absolute Gasteiger partial charge is 0.245 e. The minimum Gasteiger partial charge on any atom is -0.245 e. The fraction of sp³-hybridized carbons (Fsp3) is 0.143. The molecule has 2 rings (SSSR count). The number of aromatic nitrogens is 2. The van der Waals surface area contributed by atoms with E-state index in [9.17, 15) is 8.78 Å². The van der Waals surface area contributed by atoms with Gasteiger partial charge < -0.3 is 0 Å². The van der Waals surface area contributed by atoms with Gasteiger partial charge in [0.15, 0.2) is 0 Å². The zero-order valence-corrected chi connectivity index (χ0v) is 9.74. The molecular formula is C14H12F2N2. The first-order valence-corrected chi connectivity index (χ1v) is 5.58. The molecule has 0 aliphatic rings. The number of hydrogen-bond acceptors (Lipinski definition) is 2. The average molecular weight is 246 g/mol. The average Bonchev–Trinajstić information content (AvgIpc) is 2.39. The molecule has 0 N–H and O–H groups in total. The normalized spacial score (nSPS) is 10.3. The van der Waals surface area contributed by atoms with E-state index in [2.05, 4.69) is 16.5 Å². The van der Waals surface area contributed by atoms with Gasteiger partial charge in [0.25, 0.3) is 0 Å². The molecule has 1 aromatic heterocycles. The summed E-state index contributed by atoms with van der Waals surface area (Å²) in [6.45, 7) is 3.59. The Balaban J connectivity index is 2.49. The van der Waals surface area contributed by atoms with Gasteiger partial charge in [-0.1, -0.05) is 12.1 Å². The molecule has 0 radical (unpaired) electrons. The van der Waals surface area contributed by atoms with Crippen LogP contribution in [-0.2, 0) is 6.42 Å². The van der Waals surface area contributed by atoms with Crippen LogP contribution in [0.25, 0.3) is 11.3 Å². The van der Waals surface area contributed by atoms with Gasteiger partial charge in [0.1, 0.15) is 18.0 Å². The molecule has 0 aliphatic heterocycles. The molecule has 1 aromatic carbocycles. The lowest BCUT2D eigenvalue weighted by Gasteiger charge is -2.08. The molecule has 0 saturated carbocycles. The number of allylic oxidation sites excluding steroid dienone is 1. The molecule has 18 heavy (non-hydrogen) atoms. The Labute approximate surface area is 104 Å². The Morgan fingerprint density at radius 1 is 1.22 bits per heavy atom. The van der Waals surface area contributed by atoms with Gasteiger partial charge in [-0.05, 0) is 30.5 Å². The van der Waals surface area contributed by atoms with E-state index in [0.29, 0.717) is 18.4 Å². The van der Waals surface area contributed by atoms with Crippen molar-refractivity contribution in [3.05, 3.63) is 60.6 Å². The Bertz CT molecular complexity index is 553. The maximum atomic E-state index is 14.2. The molecule has 0 fully saturated rings.